The van der Waals surface area contributed by atoms with Crippen LogP contribution in [0.1, 0.15) is 41.7 Å². The highest BCUT2D eigenvalue weighted by molar-refractivity contribution is 5.78. The molecule has 0 bridgehead atoms. The Morgan fingerprint density at radius 2 is 1.15 bits per heavy atom. The molecule has 3 nitrogen and oxygen atoms in total. The summed E-state index contributed by atoms with van der Waals surface area (Å²) < 4.78 is 5.78. The third-order valence-corrected chi connectivity index (χ3v) is 4.45. The van der Waals surface area contributed by atoms with Crippen LogP contribution in [-0.4, -0.2) is 11.1 Å². The standard InChI is InChI=1S/C23H22O3/c1-17(18-11-5-2-6-12-18)23(25)26-22(20-15-9-4-10-16-20)21(24)19-13-7-3-8-14-19/h2-17,21-22,24H,1H3/t17-,21-,22+/m1/s1. The van der Waals surface area contributed by atoms with Gasteiger partial charge >= 0.3 is 5.97 Å². The zero-order valence-corrected chi connectivity index (χ0v) is 14.7. The molecule has 3 atom stereocenters. The minimum Gasteiger partial charge on any atom is -0.454 e. The highest BCUT2D eigenvalue weighted by atomic mass is 16.6. The van der Waals surface area contributed by atoms with Crippen LogP contribution in [0, 0.1) is 0 Å². The molecule has 0 radical (unpaired) electrons. The average Bonchev–Trinajstić information content (AvgIpc) is 2.72. The molecular formula is C23H22O3. The molecule has 3 aromatic carbocycles. The minimum atomic E-state index is -0.939. The number of aliphatic hydroxyl groups excluding tert-OH is 1. The van der Waals surface area contributed by atoms with Crippen molar-refractivity contribution < 1.29 is 14.6 Å². The average molecular weight is 346 g/mol. The van der Waals surface area contributed by atoms with E-state index in [1.54, 1.807) is 0 Å². The second kappa shape index (κ2) is 8.45. The number of hydrogen-bond donors (Lipinski definition) is 1. The maximum Gasteiger partial charge on any atom is 0.313 e. The van der Waals surface area contributed by atoms with Crippen molar-refractivity contribution in [3.63, 3.8) is 0 Å². The van der Waals surface area contributed by atoms with Crippen molar-refractivity contribution in [1.29, 1.82) is 0 Å². The van der Waals surface area contributed by atoms with Crippen LogP contribution in [-0.2, 0) is 9.53 Å². The lowest BCUT2D eigenvalue weighted by atomic mass is 9.97. The lowest BCUT2D eigenvalue weighted by Gasteiger charge is -2.25. The molecular weight excluding hydrogens is 324 g/mol. The van der Waals surface area contributed by atoms with Gasteiger partial charge in [0, 0.05) is 0 Å². The zero-order chi connectivity index (χ0) is 18.4. The first-order valence-electron chi connectivity index (χ1n) is 8.70. The largest absolute Gasteiger partial charge is 0.454 e. The third-order valence-electron chi connectivity index (χ3n) is 4.45. The summed E-state index contributed by atoms with van der Waals surface area (Å²) in [4.78, 5) is 12.7. The van der Waals surface area contributed by atoms with Crippen molar-refractivity contribution in [3.05, 3.63) is 108 Å². The van der Waals surface area contributed by atoms with Gasteiger partial charge in [0.2, 0.25) is 0 Å². The number of carbonyl (C=O) groups excluding carboxylic acids is 1. The van der Waals surface area contributed by atoms with Gasteiger partial charge in [0.05, 0.1) is 5.92 Å². The molecule has 0 aromatic heterocycles. The molecule has 0 saturated carbocycles. The second-order valence-electron chi connectivity index (χ2n) is 6.26. The first kappa shape index (κ1) is 17.9. The van der Waals surface area contributed by atoms with Crippen LogP contribution in [0.3, 0.4) is 0 Å². The summed E-state index contributed by atoms with van der Waals surface area (Å²) in [5, 5.41) is 10.9. The molecule has 0 fully saturated rings. The summed E-state index contributed by atoms with van der Waals surface area (Å²) in [5.74, 6) is -0.773. The van der Waals surface area contributed by atoms with Gasteiger partial charge in [0.15, 0.2) is 6.10 Å². The number of hydrogen-bond acceptors (Lipinski definition) is 3. The fraction of sp³-hybridized carbons (Fsp3) is 0.174. The topological polar surface area (TPSA) is 46.5 Å². The molecule has 0 heterocycles. The number of rotatable bonds is 6. The monoisotopic (exact) mass is 346 g/mol. The summed E-state index contributed by atoms with van der Waals surface area (Å²) in [7, 11) is 0. The van der Waals surface area contributed by atoms with Crippen LogP contribution in [0.2, 0.25) is 0 Å². The molecule has 0 unspecified atom stereocenters. The highest BCUT2D eigenvalue weighted by Crippen LogP contribution is 2.33. The van der Waals surface area contributed by atoms with Gasteiger partial charge < -0.3 is 9.84 Å². The van der Waals surface area contributed by atoms with E-state index in [0.717, 1.165) is 11.1 Å². The fourth-order valence-corrected chi connectivity index (χ4v) is 2.89. The van der Waals surface area contributed by atoms with E-state index in [1.807, 2.05) is 97.9 Å². The first-order valence-corrected chi connectivity index (χ1v) is 8.70. The summed E-state index contributed by atoms with van der Waals surface area (Å²) >= 11 is 0. The molecule has 3 rings (SSSR count). The SMILES string of the molecule is C[C@@H](C(=O)O[C@@H](c1ccccc1)[C@H](O)c1ccccc1)c1ccccc1. The van der Waals surface area contributed by atoms with E-state index < -0.39 is 18.1 Å². The van der Waals surface area contributed by atoms with Gasteiger partial charge in [0.1, 0.15) is 6.10 Å². The van der Waals surface area contributed by atoms with E-state index in [4.69, 9.17) is 4.74 Å². The highest BCUT2D eigenvalue weighted by Gasteiger charge is 2.29. The molecule has 0 saturated heterocycles. The Bertz CT molecular complexity index is 816. The van der Waals surface area contributed by atoms with E-state index >= 15 is 0 Å². The maximum atomic E-state index is 12.7. The van der Waals surface area contributed by atoms with Crippen molar-refractivity contribution in [2.24, 2.45) is 0 Å². The van der Waals surface area contributed by atoms with E-state index in [2.05, 4.69) is 0 Å². The molecule has 3 aromatic rings. The van der Waals surface area contributed by atoms with Gasteiger partial charge in [-0.3, -0.25) is 4.79 Å². The Kier molecular flexibility index (Phi) is 5.82. The van der Waals surface area contributed by atoms with Crippen molar-refractivity contribution in [2.45, 2.75) is 25.0 Å². The van der Waals surface area contributed by atoms with Crippen molar-refractivity contribution in [1.82, 2.24) is 0 Å². The van der Waals surface area contributed by atoms with E-state index in [1.165, 1.54) is 0 Å². The minimum absolute atomic E-state index is 0.361. The molecule has 132 valence electrons. The molecule has 0 amide bonds. The summed E-state index contributed by atoms with van der Waals surface area (Å²) in [6, 6.07) is 28.1. The number of aliphatic hydroxyl groups is 1. The predicted molar refractivity (Wildman–Crippen MR) is 102 cm³/mol. The van der Waals surface area contributed by atoms with Crippen molar-refractivity contribution in [2.75, 3.05) is 0 Å². The lowest BCUT2D eigenvalue weighted by molar-refractivity contribution is -0.157. The Labute approximate surface area is 153 Å². The van der Waals surface area contributed by atoms with Gasteiger partial charge in [0.25, 0.3) is 0 Å². The molecule has 0 aliphatic rings. The quantitative estimate of drug-likeness (QED) is 0.652. The van der Waals surface area contributed by atoms with Crippen LogP contribution in [0.25, 0.3) is 0 Å². The van der Waals surface area contributed by atoms with Gasteiger partial charge in [-0.1, -0.05) is 91.0 Å². The van der Waals surface area contributed by atoms with Gasteiger partial charge in [-0.15, -0.1) is 0 Å². The summed E-state index contributed by atoms with van der Waals surface area (Å²) in [6.07, 6.45) is -1.71. The van der Waals surface area contributed by atoms with Crippen LogP contribution in [0.4, 0.5) is 0 Å². The van der Waals surface area contributed by atoms with Gasteiger partial charge in [-0.25, -0.2) is 0 Å². The first-order chi connectivity index (χ1) is 12.7. The van der Waals surface area contributed by atoms with Crippen LogP contribution in [0.5, 0.6) is 0 Å². The number of ether oxygens (including phenoxy) is 1. The Balaban J connectivity index is 1.85. The molecule has 3 heteroatoms. The Morgan fingerprint density at radius 3 is 1.65 bits per heavy atom. The normalized spacial score (nSPS) is 14.2. The Hall–Kier alpha value is -2.91. The molecule has 0 aliphatic heterocycles. The van der Waals surface area contributed by atoms with E-state index in [9.17, 15) is 9.90 Å². The lowest BCUT2D eigenvalue weighted by Crippen LogP contribution is -2.21. The molecule has 0 spiro atoms. The Morgan fingerprint density at radius 1 is 0.731 bits per heavy atom. The van der Waals surface area contributed by atoms with Crippen LogP contribution < -0.4 is 0 Å². The smallest absolute Gasteiger partial charge is 0.313 e. The summed E-state index contributed by atoms with van der Waals surface area (Å²) in [6.45, 7) is 1.81. The predicted octanol–water partition coefficient (Wildman–Crippen LogP) is 4.81. The summed E-state index contributed by atoms with van der Waals surface area (Å²) in [5.41, 5.74) is 2.36. The van der Waals surface area contributed by atoms with E-state index in [0.29, 0.717) is 5.56 Å². The van der Waals surface area contributed by atoms with E-state index in [-0.39, 0.29) is 5.97 Å². The third kappa shape index (κ3) is 4.19. The van der Waals surface area contributed by atoms with Crippen LogP contribution in [0.15, 0.2) is 91.0 Å². The van der Waals surface area contributed by atoms with Crippen molar-refractivity contribution >= 4 is 5.97 Å². The molecule has 26 heavy (non-hydrogen) atoms. The number of carbonyl (C=O) groups is 1. The number of benzene rings is 3. The van der Waals surface area contributed by atoms with Gasteiger partial charge in [-0.2, -0.15) is 0 Å². The zero-order valence-electron chi connectivity index (χ0n) is 14.7. The maximum absolute atomic E-state index is 12.7. The molecule has 1 N–H and O–H groups in total. The van der Waals surface area contributed by atoms with Crippen molar-refractivity contribution in [3.8, 4) is 0 Å². The van der Waals surface area contributed by atoms with Crippen LogP contribution >= 0.6 is 0 Å². The molecule has 0 aliphatic carbocycles. The van der Waals surface area contributed by atoms with Gasteiger partial charge in [-0.05, 0) is 23.6 Å². The number of esters is 1. The fourth-order valence-electron chi connectivity index (χ4n) is 2.89. The second-order valence-corrected chi connectivity index (χ2v) is 6.26.